The van der Waals surface area contributed by atoms with E-state index in [0.717, 1.165) is 5.69 Å². The standard InChI is InChI=1S/C15H17N5O5S.Na.H/c21-14-15(22)20(7-2-1-5-17-26(23,24)25)13-9-11(3-4-12(13)18-14)19-8-6-16-10-19;;/h3-4,6,8-10,17H,1-2,5,7H2,(H,18,21)(H,23,24,25);;. The molecule has 12 heteroatoms. The number of nitrogens with zero attached hydrogens (tertiary/aromatic N) is 3. The summed E-state index contributed by atoms with van der Waals surface area (Å²) in [7, 11) is -4.23. The first-order valence-corrected chi connectivity index (χ1v) is 9.26. The molecule has 1 aromatic carbocycles. The third kappa shape index (κ3) is 5.37. The molecule has 3 N–H and O–H groups in total. The number of aromatic amines is 1. The van der Waals surface area contributed by atoms with Gasteiger partial charge >= 0.3 is 51.0 Å². The molecular formula is C15H18N5NaO5S. The van der Waals surface area contributed by atoms with E-state index >= 15 is 0 Å². The Balaban J connectivity index is 0.00000261. The van der Waals surface area contributed by atoms with E-state index in [1.807, 2.05) is 4.72 Å². The first-order valence-electron chi connectivity index (χ1n) is 7.82. The van der Waals surface area contributed by atoms with Crippen LogP contribution in [0.3, 0.4) is 0 Å². The molecule has 3 rings (SSSR count). The number of aryl methyl sites for hydroxylation is 1. The Hall–Kier alpha value is -1.76. The van der Waals surface area contributed by atoms with E-state index in [-0.39, 0.29) is 42.6 Å². The Morgan fingerprint density at radius 1 is 1.22 bits per heavy atom. The first-order chi connectivity index (χ1) is 12.3. The number of hydrogen-bond acceptors (Lipinski definition) is 5. The Morgan fingerprint density at radius 3 is 2.67 bits per heavy atom. The molecule has 2 aromatic heterocycles. The van der Waals surface area contributed by atoms with Crippen molar-refractivity contribution in [3.8, 4) is 5.69 Å². The van der Waals surface area contributed by atoms with Gasteiger partial charge in [0.05, 0.1) is 17.4 Å². The molecule has 0 aliphatic rings. The second-order valence-corrected chi connectivity index (χ2v) is 6.90. The average molecular weight is 403 g/mol. The van der Waals surface area contributed by atoms with Gasteiger partial charge in [-0.15, -0.1) is 0 Å². The fraction of sp³-hybridized carbons (Fsp3) is 0.267. The van der Waals surface area contributed by atoms with Crippen LogP contribution in [0.5, 0.6) is 0 Å². The second-order valence-electron chi connectivity index (χ2n) is 5.66. The van der Waals surface area contributed by atoms with E-state index in [1.165, 1.54) is 4.57 Å². The zero-order valence-electron chi connectivity index (χ0n) is 13.6. The fourth-order valence-corrected chi connectivity index (χ4v) is 3.05. The summed E-state index contributed by atoms with van der Waals surface area (Å²) in [6, 6.07) is 5.28. The van der Waals surface area contributed by atoms with Crippen molar-refractivity contribution in [1.29, 1.82) is 0 Å². The molecule has 3 aromatic rings. The van der Waals surface area contributed by atoms with Crippen LogP contribution in [-0.4, -0.2) is 68.2 Å². The van der Waals surface area contributed by atoms with E-state index in [4.69, 9.17) is 4.55 Å². The zero-order valence-corrected chi connectivity index (χ0v) is 14.4. The van der Waals surface area contributed by atoms with Crippen molar-refractivity contribution < 1.29 is 13.0 Å². The molecule has 0 aliphatic heterocycles. The van der Waals surface area contributed by atoms with E-state index in [1.54, 1.807) is 41.5 Å². The predicted octanol–water partition coefficient (Wildman–Crippen LogP) is -0.600. The van der Waals surface area contributed by atoms with Crippen molar-refractivity contribution in [1.82, 2.24) is 23.8 Å². The van der Waals surface area contributed by atoms with Gasteiger partial charge in [0.15, 0.2) is 0 Å². The number of unbranched alkanes of at least 4 members (excludes halogenated alkanes) is 1. The molecule has 2 heterocycles. The number of imidazole rings is 1. The van der Waals surface area contributed by atoms with Crippen LogP contribution >= 0.6 is 0 Å². The minimum absolute atomic E-state index is 0. The molecule has 0 aliphatic carbocycles. The molecule has 0 saturated carbocycles. The Kier molecular flexibility index (Phi) is 7.14. The van der Waals surface area contributed by atoms with Crippen molar-refractivity contribution in [3.63, 3.8) is 0 Å². The number of aromatic nitrogens is 4. The molecular weight excluding hydrogens is 385 g/mol. The topological polar surface area (TPSA) is 139 Å². The van der Waals surface area contributed by atoms with Gasteiger partial charge < -0.3 is 14.1 Å². The maximum absolute atomic E-state index is 12.3. The van der Waals surface area contributed by atoms with Crippen LogP contribution < -0.4 is 15.8 Å². The van der Waals surface area contributed by atoms with Gasteiger partial charge in [-0.05, 0) is 31.0 Å². The Morgan fingerprint density at radius 2 is 2.00 bits per heavy atom. The van der Waals surface area contributed by atoms with Crippen LogP contribution in [0.1, 0.15) is 12.8 Å². The van der Waals surface area contributed by atoms with Gasteiger partial charge in [0.1, 0.15) is 0 Å². The van der Waals surface area contributed by atoms with Crippen LogP contribution in [0, 0.1) is 0 Å². The quantitative estimate of drug-likeness (QED) is 0.208. The molecule has 0 amide bonds. The average Bonchev–Trinajstić information content (AvgIpc) is 3.11. The van der Waals surface area contributed by atoms with Gasteiger partial charge in [-0.1, -0.05) is 0 Å². The number of benzene rings is 1. The van der Waals surface area contributed by atoms with Gasteiger partial charge in [-0.25, -0.2) is 4.98 Å². The fourth-order valence-electron chi connectivity index (χ4n) is 2.65. The normalized spacial score (nSPS) is 11.4. The zero-order chi connectivity index (χ0) is 18.7. The van der Waals surface area contributed by atoms with Gasteiger partial charge in [0.25, 0.3) is 0 Å². The Labute approximate surface area is 176 Å². The summed E-state index contributed by atoms with van der Waals surface area (Å²) in [5.41, 5.74) is 0.466. The predicted molar refractivity (Wildman–Crippen MR) is 102 cm³/mol. The van der Waals surface area contributed by atoms with Crippen LogP contribution in [-0.2, 0) is 16.8 Å². The summed E-state index contributed by atoms with van der Waals surface area (Å²) in [5.74, 6) is 0. The second kappa shape index (κ2) is 8.95. The molecule has 27 heavy (non-hydrogen) atoms. The van der Waals surface area contributed by atoms with E-state index in [9.17, 15) is 18.0 Å². The molecule has 0 saturated heterocycles. The third-order valence-electron chi connectivity index (χ3n) is 3.86. The number of fused-ring (bicyclic) bond motifs is 1. The molecule has 0 unspecified atom stereocenters. The summed E-state index contributed by atoms with van der Waals surface area (Å²) in [6.45, 7) is 0.273. The summed E-state index contributed by atoms with van der Waals surface area (Å²) in [4.78, 5) is 30.6. The van der Waals surface area contributed by atoms with Gasteiger partial charge in [0, 0.05) is 31.2 Å². The molecule has 10 nitrogen and oxygen atoms in total. The molecule has 0 spiro atoms. The van der Waals surface area contributed by atoms with Crippen molar-refractivity contribution in [2.45, 2.75) is 19.4 Å². The molecule has 0 bridgehead atoms. The number of nitrogens with one attached hydrogen (secondary N) is 2. The number of H-pyrrole nitrogens is 1. The van der Waals surface area contributed by atoms with Crippen LogP contribution in [0.25, 0.3) is 16.7 Å². The van der Waals surface area contributed by atoms with E-state index in [0.29, 0.717) is 23.9 Å². The maximum atomic E-state index is 12.3. The van der Waals surface area contributed by atoms with Gasteiger partial charge in [-0.2, -0.15) is 13.1 Å². The summed E-state index contributed by atoms with van der Waals surface area (Å²) >= 11 is 0. The van der Waals surface area contributed by atoms with Gasteiger partial charge in [-0.3, -0.25) is 14.1 Å². The summed E-state index contributed by atoms with van der Waals surface area (Å²) in [5, 5.41) is 0. The van der Waals surface area contributed by atoms with Crippen LogP contribution in [0.4, 0.5) is 0 Å². The third-order valence-corrected chi connectivity index (χ3v) is 4.42. The number of rotatable bonds is 7. The summed E-state index contributed by atoms with van der Waals surface area (Å²) in [6.07, 6.45) is 5.84. The van der Waals surface area contributed by atoms with Crippen LogP contribution in [0.15, 0.2) is 46.5 Å². The van der Waals surface area contributed by atoms with E-state index in [2.05, 4.69) is 9.97 Å². The van der Waals surface area contributed by atoms with Crippen molar-refractivity contribution in [2.75, 3.05) is 6.54 Å². The molecule has 0 radical (unpaired) electrons. The molecule has 140 valence electrons. The summed E-state index contributed by atoms with van der Waals surface area (Å²) < 4.78 is 35.0. The molecule has 0 fully saturated rings. The minimum atomic E-state index is -4.23. The van der Waals surface area contributed by atoms with E-state index < -0.39 is 21.4 Å². The number of hydrogen-bond donors (Lipinski definition) is 3. The first kappa shape index (κ1) is 21.5. The van der Waals surface area contributed by atoms with Crippen molar-refractivity contribution >= 4 is 50.9 Å². The Bertz CT molecular complexity index is 1140. The van der Waals surface area contributed by atoms with Crippen molar-refractivity contribution in [2.24, 2.45) is 0 Å². The molecule has 0 atom stereocenters. The monoisotopic (exact) mass is 403 g/mol. The SMILES string of the molecule is O=c1[nH]c2ccc(-n3ccnc3)cc2n(CCCCNS(=O)(=O)O)c1=O.[NaH]. The van der Waals surface area contributed by atoms with Gasteiger partial charge in [0.2, 0.25) is 0 Å². The van der Waals surface area contributed by atoms with Crippen LogP contribution in [0.2, 0.25) is 0 Å². The van der Waals surface area contributed by atoms with Crippen molar-refractivity contribution in [3.05, 3.63) is 57.6 Å².